The zero-order chi connectivity index (χ0) is 33.3. The smallest absolute Gasteiger partial charge is 0.0715 e. The van der Waals surface area contributed by atoms with E-state index in [1.165, 1.54) is 11.1 Å². The lowest BCUT2D eigenvalue weighted by Gasteiger charge is -2.27. The average Bonchev–Trinajstić information content (AvgIpc) is 3.13. The second-order valence-electron chi connectivity index (χ2n) is 11.8. The molecule has 0 radical (unpaired) electrons. The number of hydrogen-bond donors (Lipinski definition) is 0. The summed E-state index contributed by atoms with van der Waals surface area (Å²) < 4.78 is 16.1. The van der Waals surface area contributed by atoms with Crippen LogP contribution < -0.4 is 9.80 Å². The molecule has 6 aromatic carbocycles. The summed E-state index contributed by atoms with van der Waals surface area (Å²) in [5, 5.41) is 0. The van der Waals surface area contributed by atoms with E-state index in [1.807, 2.05) is 0 Å². The molecule has 0 aromatic heterocycles. The Hall–Kier alpha value is -5.20. The Balaban J connectivity index is 1.30. The molecule has 6 rings (SSSR count). The van der Waals surface area contributed by atoms with Crippen molar-refractivity contribution in [3.63, 3.8) is 0 Å². The van der Waals surface area contributed by atoms with Crippen LogP contribution in [0.5, 0.6) is 0 Å². The Kier molecular flexibility index (Phi) is 10.6. The van der Waals surface area contributed by atoms with Crippen LogP contribution in [0.15, 0.2) is 146 Å². The zero-order valence-corrected chi connectivity index (χ0v) is 28.1. The van der Waals surface area contributed by atoms with Gasteiger partial charge in [0.05, 0.1) is 19.8 Å². The van der Waals surface area contributed by atoms with Crippen LogP contribution in [0.1, 0.15) is 22.3 Å². The van der Waals surface area contributed by atoms with Crippen LogP contribution in [0, 0.1) is 6.92 Å². The molecule has 48 heavy (non-hydrogen) atoms. The number of anilines is 6. The average molecular weight is 635 g/mol. The van der Waals surface area contributed by atoms with E-state index < -0.39 is 0 Å². The number of para-hydroxylation sites is 1. The molecule has 0 saturated heterocycles. The van der Waals surface area contributed by atoms with Gasteiger partial charge in [-0.05, 0) is 113 Å². The summed E-state index contributed by atoms with van der Waals surface area (Å²) in [5.41, 5.74) is 13.6. The van der Waals surface area contributed by atoms with E-state index in [1.54, 1.807) is 21.3 Å². The highest BCUT2D eigenvalue weighted by Crippen LogP contribution is 2.38. The lowest BCUT2D eigenvalue weighted by atomic mass is 10.0. The Morgan fingerprint density at radius 1 is 0.396 bits per heavy atom. The monoisotopic (exact) mass is 634 g/mol. The van der Waals surface area contributed by atoms with Gasteiger partial charge in [0.25, 0.3) is 0 Å². The quantitative estimate of drug-likeness (QED) is 0.126. The van der Waals surface area contributed by atoms with E-state index in [-0.39, 0.29) is 0 Å². The minimum Gasteiger partial charge on any atom is -0.380 e. The molecule has 0 bridgehead atoms. The van der Waals surface area contributed by atoms with Crippen molar-refractivity contribution >= 4 is 34.1 Å². The predicted molar refractivity (Wildman–Crippen MR) is 198 cm³/mol. The van der Waals surface area contributed by atoms with E-state index in [0.29, 0.717) is 19.8 Å². The van der Waals surface area contributed by atoms with Crippen molar-refractivity contribution in [1.82, 2.24) is 0 Å². The highest BCUT2D eigenvalue weighted by molar-refractivity contribution is 5.81. The van der Waals surface area contributed by atoms with Crippen molar-refractivity contribution in [3.8, 4) is 11.1 Å². The van der Waals surface area contributed by atoms with Gasteiger partial charge in [0, 0.05) is 55.5 Å². The molecule has 0 N–H and O–H groups in total. The number of ether oxygens (including phenoxy) is 3. The molecule has 0 amide bonds. The molecule has 5 nitrogen and oxygen atoms in total. The molecule has 0 spiro atoms. The maximum atomic E-state index is 5.40. The fraction of sp³-hybridized carbons (Fsp3) is 0.163. The Labute approximate surface area is 284 Å². The molecule has 0 aliphatic carbocycles. The first-order chi connectivity index (χ1) is 23.6. The van der Waals surface area contributed by atoms with Gasteiger partial charge in [-0.2, -0.15) is 0 Å². The number of benzene rings is 6. The molecule has 0 aliphatic rings. The van der Waals surface area contributed by atoms with E-state index in [4.69, 9.17) is 14.2 Å². The first-order valence-corrected chi connectivity index (χ1v) is 16.2. The molecule has 0 aliphatic heterocycles. The minimum atomic E-state index is 0.586. The topological polar surface area (TPSA) is 34.2 Å². The first-order valence-electron chi connectivity index (χ1n) is 16.2. The van der Waals surface area contributed by atoms with Gasteiger partial charge in [0.15, 0.2) is 0 Å². The van der Waals surface area contributed by atoms with Crippen LogP contribution in [-0.4, -0.2) is 21.3 Å². The predicted octanol–water partition coefficient (Wildman–Crippen LogP) is 11.0. The van der Waals surface area contributed by atoms with Crippen LogP contribution in [0.2, 0.25) is 0 Å². The van der Waals surface area contributed by atoms with Crippen LogP contribution in [0.25, 0.3) is 11.1 Å². The molecule has 0 saturated carbocycles. The molecule has 6 aromatic rings. The SMILES string of the molecule is COCc1ccc(N(c2ccc(COC)cc2)c2ccc(-c3ccc(N(c4ccccc4)c4ccc(COC)c(C)c4)cc3)cc2)cc1. The van der Waals surface area contributed by atoms with Gasteiger partial charge >= 0.3 is 0 Å². The fourth-order valence-electron chi connectivity index (χ4n) is 6.03. The van der Waals surface area contributed by atoms with Crippen molar-refractivity contribution in [2.45, 2.75) is 26.7 Å². The summed E-state index contributed by atoms with van der Waals surface area (Å²) in [6.07, 6.45) is 0. The summed E-state index contributed by atoms with van der Waals surface area (Å²) in [7, 11) is 5.18. The van der Waals surface area contributed by atoms with Crippen LogP contribution in [0.4, 0.5) is 34.1 Å². The first kappa shape index (κ1) is 32.7. The molecule has 0 heterocycles. The molecule has 0 fully saturated rings. The van der Waals surface area contributed by atoms with Gasteiger partial charge in [-0.15, -0.1) is 0 Å². The second kappa shape index (κ2) is 15.6. The summed E-state index contributed by atoms with van der Waals surface area (Å²) in [5.74, 6) is 0. The maximum absolute atomic E-state index is 5.40. The van der Waals surface area contributed by atoms with Crippen LogP contribution >= 0.6 is 0 Å². The third-order valence-electron chi connectivity index (χ3n) is 8.49. The largest absolute Gasteiger partial charge is 0.380 e. The lowest BCUT2D eigenvalue weighted by molar-refractivity contribution is 0.184. The number of nitrogens with zero attached hydrogens (tertiary/aromatic N) is 2. The van der Waals surface area contributed by atoms with Gasteiger partial charge in [-0.1, -0.05) is 72.8 Å². The standard InChI is InChI=1S/C43H42N2O3/c1-32-28-43(27-18-37(32)31-48-4)45(38-8-6-5-7-9-38)42-25-16-36(17-26-42)35-14-23-41(24-15-35)44(39-19-10-33(11-20-39)29-46-2)40-21-12-34(13-22-40)30-47-3/h5-28H,29-31H2,1-4H3. The fourth-order valence-corrected chi connectivity index (χ4v) is 6.03. The third kappa shape index (κ3) is 7.50. The zero-order valence-electron chi connectivity index (χ0n) is 28.1. The maximum Gasteiger partial charge on any atom is 0.0715 e. The molecule has 242 valence electrons. The van der Waals surface area contributed by atoms with Gasteiger partial charge in [0.2, 0.25) is 0 Å². The number of methoxy groups -OCH3 is 3. The summed E-state index contributed by atoms with van der Waals surface area (Å²) in [4.78, 5) is 4.57. The third-order valence-corrected chi connectivity index (χ3v) is 8.49. The van der Waals surface area contributed by atoms with E-state index in [9.17, 15) is 0 Å². The normalized spacial score (nSPS) is 11.0. The van der Waals surface area contributed by atoms with Crippen molar-refractivity contribution in [1.29, 1.82) is 0 Å². The molecular weight excluding hydrogens is 592 g/mol. The molecular formula is C43H42N2O3. The van der Waals surface area contributed by atoms with E-state index >= 15 is 0 Å². The lowest BCUT2D eigenvalue weighted by Crippen LogP contribution is -2.10. The van der Waals surface area contributed by atoms with E-state index in [2.05, 4.69) is 162 Å². The Bertz CT molecular complexity index is 1840. The molecule has 5 heteroatoms. The highest BCUT2D eigenvalue weighted by atomic mass is 16.5. The van der Waals surface area contributed by atoms with Crippen LogP contribution in [-0.2, 0) is 34.0 Å². The second-order valence-corrected chi connectivity index (χ2v) is 11.8. The number of rotatable bonds is 13. The highest BCUT2D eigenvalue weighted by Gasteiger charge is 2.16. The summed E-state index contributed by atoms with van der Waals surface area (Å²) >= 11 is 0. The summed E-state index contributed by atoms with van der Waals surface area (Å²) in [6.45, 7) is 3.91. The molecule has 0 atom stereocenters. The summed E-state index contributed by atoms with van der Waals surface area (Å²) in [6, 6.07) is 51.7. The van der Waals surface area contributed by atoms with Crippen molar-refractivity contribution < 1.29 is 14.2 Å². The van der Waals surface area contributed by atoms with E-state index in [0.717, 1.165) is 56.4 Å². The number of hydrogen-bond acceptors (Lipinski definition) is 5. The van der Waals surface area contributed by atoms with Crippen molar-refractivity contribution in [3.05, 3.63) is 168 Å². The Morgan fingerprint density at radius 2 is 0.771 bits per heavy atom. The minimum absolute atomic E-state index is 0.586. The number of aryl methyl sites for hydroxylation is 1. The van der Waals surface area contributed by atoms with Crippen molar-refractivity contribution in [2.75, 3.05) is 31.1 Å². The van der Waals surface area contributed by atoms with Gasteiger partial charge in [-0.3, -0.25) is 0 Å². The van der Waals surface area contributed by atoms with Gasteiger partial charge < -0.3 is 24.0 Å². The van der Waals surface area contributed by atoms with Gasteiger partial charge in [-0.25, -0.2) is 0 Å². The Morgan fingerprint density at radius 3 is 1.19 bits per heavy atom. The van der Waals surface area contributed by atoms with Crippen molar-refractivity contribution in [2.24, 2.45) is 0 Å². The van der Waals surface area contributed by atoms with Gasteiger partial charge in [0.1, 0.15) is 0 Å². The molecule has 0 unspecified atom stereocenters. The van der Waals surface area contributed by atoms with Crippen LogP contribution in [0.3, 0.4) is 0 Å².